The van der Waals surface area contributed by atoms with Crippen LogP contribution in [0.15, 0.2) is 47.5 Å². The summed E-state index contributed by atoms with van der Waals surface area (Å²) in [5.41, 5.74) is 1.19. The minimum atomic E-state index is -1.18. The Kier molecular flexibility index (Phi) is 6.71. The molecular formula is C19H16ClF2N3O3S. The maximum atomic E-state index is 13.4. The predicted octanol–water partition coefficient (Wildman–Crippen LogP) is 3.76. The molecule has 2 atom stereocenters. The number of carbonyl (C=O) groups is 2. The highest BCUT2D eigenvalue weighted by Gasteiger charge is 2.31. The van der Waals surface area contributed by atoms with E-state index in [2.05, 4.69) is 15.6 Å². The number of nitrogens with one attached hydrogen (secondary N) is 2. The molecule has 1 aliphatic heterocycles. The summed E-state index contributed by atoms with van der Waals surface area (Å²) in [7, 11) is 0. The first-order chi connectivity index (χ1) is 13.8. The largest absolute Gasteiger partial charge is 0.465 e. The van der Waals surface area contributed by atoms with Crippen LogP contribution in [0.2, 0.25) is 5.02 Å². The lowest BCUT2D eigenvalue weighted by atomic mass is 10.1. The smallest absolute Gasteiger partial charge is 0.404 e. The Morgan fingerprint density at radius 2 is 1.93 bits per heavy atom. The normalized spacial score (nSPS) is 17.0. The molecule has 0 aromatic heterocycles. The first-order valence-corrected chi connectivity index (χ1v) is 9.79. The van der Waals surface area contributed by atoms with E-state index in [9.17, 15) is 18.4 Å². The summed E-state index contributed by atoms with van der Waals surface area (Å²) >= 11 is 6.92. The molecule has 0 bridgehead atoms. The third kappa shape index (κ3) is 5.68. The van der Waals surface area contributed by atoms with Crippen molar-refractivity contribution in [1.82, 2.24) is 10.6 Å². The average molecular weight is 440 g/mol. The fraction of sp³-hybridized carbons (Fsp3) is 0.211. The molecule has 2 aromatic carbocycles. The number of hydrogen-bond acceptors (Lipinski definition) is 4. The lowest BCUT2D eigenvalue weighted by molar-refractivity contribution is -0.117. The van der Waals surface area contributed by atoms with E-state index in [1.807, 2.05) is 0 Å². The van der Waals surface area contributed by atoms with Crippen LogP contribution in [0.4, 0.5) is 13.6 Å². The molecule has 0 aliphatic carbocycles. The molecule has 1 heterocycles. The molecule has 1 unspecified atom stereocenters. The van der Waals surface area contributed by atoms with E-state index in [0.29, 0.717) is 17.0 Å². The Hall–Kier alpha value is -2.65. The van der Waals surface area contributed by atoms with Crippen molar-refractivity contribution in [2.24, 2.45) is 4.99 Å². The molecule has 0 saturated carbocycles. The fourth-order valence-corrected chi connectivity index (χ4v) is 3.87. The monoisotopic (exact) mass is 439 g/mol. The Morgan fingerprint density at radius 1 is 1.21 bits per heavy atom. The topological polar surface area (TPSA) is 90.8 Å². The van der Waals surface area contributed by atoms with Crippen molar-refractivity contribution in [2.45, 2.75) is 17.7 Å². The van der Waals surface area contributed by atoms with Crippen LogP contribution < -0.4 is 10.6 Å². The number of amidine groups is 1. The summed E-state index contributed by atoms with van der Waals surface area (Å²) in [6.45, 7) is 0.179. The lowest BCUT2D eigenvalue weighted by Gasteiger charge is -2.18. The van der Waals surface area contributed by atoms with Crippen molar-refractivity contribution in [3.63, 3.8) is 0 Å². The summed E-state index contributed by atoms with van der Waals surface area (Å²) in [5, 5.41) is 14.5. The maximum absolute atomic E-state index is 13.4. The van der Waals surface area contributed by atoms with E-state index >= 15 is 0 Å². The van der Waals surface area contributed by atoms with Gasteiger partial charge in [-0.3, -0.25) is 4.79 Å². The molecule has 3 rings (SSSR count). The molecule has 2 amide bonds. The van der Waals surface area contributed by atoms with E-state index in [-0.39, 0.29) is 11.7 Å². The number of amides is 2. The minimum Gasteiger partial charge on any atom is -0.465 e. The molecular weight excluding hydrogens is 424 g/mol. The summed E-state index contributed by atoms with van der Waals surface area (Å²) in [6.07, 6.45) is -0.780. The minimum absolute atomic E-state index is 0.179. The number of thioether (sulfide) groups is 1. The van der Waals surface area contributed by atoms with Crippen LogP contribution in [0.1, 0.15) is 16.4 Å². The average Bonchev–Trinajstić information content (AvgIpc) is 3.04. The van der Waals surface area contributed by atoms with Crippen LogP contribution in [0, 0.1) is 11.6 Å². The second-order valence-electron chi connectivity index (χ2n) is 6.28. The first-order valence-electron chi connectivity index (χ1n) is 8.53. The van der Waals surface area contributed by atoms with Gasteiger partial charge in [-0.2, -0.15) is 4.99 Å². The van der Waals surface area contributed by atoms with E-state index in [0.717, 1.165) is 29.5 Å². The second-order valence-corrected chi connectivity index (χ2v) is 7.81. The molecule has 1 aliphatic rings. The summed E-state index contributed by atoms with van der Waals surface area (Å²) in [6, 6.07) is 9.79. The first kappa shape index (κ1) is 21.1. The van der Waals surface area contributed by atoms with Crippen LogP contribution in [0.5, 0.6) is 0 Å². The van der Waals surface area contributed by atoms with Gasteiger partial charge in [0.15, 0.2) is 16.8 Å². The Labute approximate surface area is 174 Å². The van der Waals surface area contributed by atoms with Gasteiger partial charge in [0, 0.05) is 11.6 Å². The standard InChI is InChI=1S/C19H16ClF2N3O3S/c20-12-4-1-10(2-5-12)7-13(24-19(27)28)9-23-18-25-17(26)16(29-18)11-3-6-14(21)15(22)8-11/h1-6,8,13,16,24H,7,9H2,(H,27,28)(H,23,25,26)/t13?,16-/m0/s1. The van der Waals surface area contributed by atoms with Crippen LogP contribution in [0.3, 0.4) is 0 Å². The van der Waals surface area contributed by atoms with Gasteiger partial charge >= 0.3 is 6.09 Å². The Morgan fingerprint density at radius 3 is 2.59 bits per heavy atom. The predicted molar refractivity (Wildman–Crippen MR) is 107 cm³/mol. The summed E-state index contributed by atoms with van der Waals surface area (Å²) < 4.78 is 26.5. The van der Waals surface area contributed by atoms with Crippen molar-refractivity contribution < 1.29 is 23.5 Å². The van der Waals surface area contributed by atoms with E-state index in [4.69, 9.17) is 16.7 Å². The van der Waals surface area contributed by atoms with Gasteiger partial charge < -0.3 is 15.7 Å². The highest BCUT2D eigenvalue weighted by atomic mass is 35.5. The van der Waals surface area contributed by atoms with Crippen molar-refractivity contribution in [1.29, 1.82) is 0 Å². The number of halogens is 3. The van der Waals surface area contributed by atoms with Crippen molar-refractivity contribution >= 4 is 40.5 Å². The molecule has 2 aromatic rings. The van der Waals surface area contributed by atoms with Gasteiger partial charge in [-0.25, -0.2) is 13.6 Å². The zero-order valence-electron chi connectivity index (χ0n) is 14.9. The third-order valence-corrected chi connectivity index (χ3v) is 5.55. The molecule has 152 valence electrons. The Bertz CT molecular complexity index is 956. The van der Waals surface area contributed by atoms with Crippen LogP contribution >= 0.6 is 23.4 Å². The lowest BCUT2D eigenvalue weighted by Crippen LogP contribution is -2.43. The molecule has 0 fully saturated rings. The highest BCUT2D eigenvalue weighted by molar-refractivity contribution is 8.15. The molecule has 0 saturated heterocycles. The van der Waals surface area contributed by atoms with Crippen molar-refractivity contribution in [2.75, 3.05) is 6.54 Å². The van der Waals surface area contributed by atoms with Crippen molar-refractivity contribution in [3.05, 3.63) is 70.2 Å². The van der Waals surface area contributed by atoms with Crippen LogP contribution in [-0.4, -0.2) is 34.9 Å². The van der Waals surface area contributed by atoms with E-state index in [1.165, 1.54) is 6.07 Å². The van der Waals surface area contributed by atoms with Crippen LogP contribution in [0.25, 0.3) is 0 Å². The zero-order chi connectivity index (χ0) is 21.0. The highest BCUT2D eigenvalue weighted by Crippen LogP contribution is 2.36. The number of nitrogens with zero attached hydrogens (tertiary/aromatic N) is 1. The molecule has 3 N–H and O–H groups in total. The number of carbonyl (C=O) groups excluding carboxylic acids is 1. The maximum Gasteiger partial charge on any atom is 0.404 e. The third-order valence-electron chi connectivity index (χ3n) is 4.13. The molecule has 0 radical (unpaired) electrons. The number of carboxylic acid groups (broad SMARTS) is 1. The van der Waals surface area contributed by atoms with E-state index < -0.39 is 34.9 Å². The second kappa shape index (κ2) is 9.23. The molecule has 6 nitrogen and oxygen atoms in total. The SMILES string of the molecule is O=C(O)NC(CNC1=NC(=O)[C@H](c2ccc(F)c(F)c2)S1)Cc1ccc(Cl)cc1. The summed E-state index contributed by atoms with van der Waals surface area (Å²) in [4.78, 5) is 27.1. The van der Waals surface area contributed by atoms with Gasteiger partial charge in [0.1, 0.15) is 5.25 Å². The summed E-state index contributed by atoms with van der Waals surface area (Å²) in [5.74, 6) is -2.52. The van der Waals surface area contributed by atoms with Crippen molar-refractivity contribution in [3.8, 4) is 0 Å². The van der Waals surface area contributed by atoms with Crippen LogP contribution in [-0.2, 0) is 11.2 Å². The quantitative estimate of drug-likeness (QED) is 0.637. The van der Waals surface area contributed by atoms with Gasteiger partial charge in [-0.05, 0) is 41.8 Å². The van der Waals surface area contributed by atoms with Gasteiger partial charge in [-0.1, -0.05) is 41.6 Å². The molecule has 0 spiro atoms. The number of rotatable bonds is 6. The van der Waals surface area contributed by atoms with Gasteiger partial charge in [-0.15, -0.1) is 0 Å². The number of benzene rings is 2. The number of hydrogen-bond donors (Lipinski definition) is 3. The number of aliphatic imine (C=N–C) groups is 1. The van der Waals surface area contributed by atoms with E-state index in [1.54, 1.807) is 24.3 Å². The zero-order valence-corrected chi connectivity index (χ0v) is 16.4. The van der Waals surface area contributed by atoms with Gasteiger partial charge in [0.25, 0.3) is 5.91 Å². The Balaban J connectivity index is 1.62. The molecule has 10 heteroatoms. The van der Waals surface area contributed by atoms with Gasteiger partial charge in [0.05, 0.1) is 6.04 Å². The molecule has 29 heavy (non-hydrogen) atoms. The fourth-order valence-electron chi connectivity index (χ4n) is 2.78. The van der Waals surface area contributed by atoms with Gasteiger partial charge in [0.2, 0.25) is 0 Å².